The van der Waals surface area contributed by atoms with Gasteiger partial charge in [0.05, 0.1) is 64.0 Å². The van der Waals surface area contributed by atoms with E-state index in [1.807, 2.05) is 28.2 Å². The Morgan fingerprint density at radius 2 is 0.919 bits per heavy atom. The molecule has 0 spiro atoms. The summed E-state index contributed by atoms with van der Waals surface area (Å²) < 4.78 is 12.6. The highest BCUT2D eigenvalue weighted by Gasteiger charge is 2.27. The minimum atomic E-state index is -0.945. The topological polar surface area (TPSA) is 282 Å². The molecule has 62 heavy (non-hydrogen) atoms. The Labute approximate surface area is 361 Å². The van der Waals surface area contributed by atoms with Crippen LogP contribution < -0.4 is 9.68 Å². The zero-order valence-electron chi connectivity index (χ0n) is 34.0. The monoisotopic (exact) mass is 906 g/mol. The number of nitro groups is 2. The maximum absolute atomic E-state index is 13.1. The summed E-state index contributed by atoms with van der Waals surface area (Å²) in [6, 6.07) is 12.3. The van der Waals surface area contributed by atoms with Crippen molar-refractivity contribution in [2.45, 2.75) is 35.5 Å². The van der Waals surface area contributed by atoms with E-state index in [-0.39, 0.29) is 50.3 Å². The minimum Gasteiger partial charge on any atom is -0.492 e. The second-order valence-corrected chi connectivity index (χ2v) is 17.2. The van der Waals surface area contributed by atoms with E-state index in [0.29, 0.717) is 54.1 Å². The molecule has 24 heteroatoms. The van der Waals surface area contributed by atoms with E-state index in [2.05, 4.69) is 0 Å². The molecule has 2 aromatic carbocycles. The van der Waals surface area contributed by atoms with Crippen molar-refractivity contribution in [1.29, 1.82) is 0 Å². The number of aromatic hydroxyl groups is 4. The van der Waals surface area contributed by atoms with Crippen molar-refractivity contribution < 1.29 is 77.6 Å². The summed E-state index contributed by atoms with van der Waals surface area (Å²) >= 11 is 0. The molecule has 0 fully saturated rings. The molecule has 4 aromatic rings. The molecule has 0 bridgehead atoms. The SMILES string of the molecule is C[N+](C)(CCCC(=O)On1c(O)ccc1O)CCOC(=O)c1cc(SSc2ccc([N+](=O)[O-])c(C(=O)OCC[N+](C)(C)CCCC(=O)On3c(O)ccc3O)c2)ccc1[N+](=O)[O-]. The molecule has 0 radical (unpaired) electrons. The zero-order chi connectivity index (χ0) is 45.8. The summed E-state index contributed by atoms with van der Waals surface area (Å²) in [6.07, 6.45) is 0.614. The van der Waals surface area contributed by atoms with Crippen molar-refractivity contribution in [3.63, 3.8) is 0 Å². The van der Waals surface area contributed by atoms with Gasteiger partial charge in [-0.2, -0.15) is 0 Å². The molecule has 0 amide bonds. The predicted octanol–water partition coefficient (Wildman–Crippen LogP) is 4.07. The van der Waals surface area contributed by atoms with E-state index in [1.165, 1.54) is 24.3 Å². The lowest BCUT2D eigenvalue weighted by Crippen LogP contribution is -2.43. The second-order valence-electron chi connectivity index (χ2n) is 14.9. The number of nitrogens with zero attached hydrogens (tertiary/aromatic N) is 6. The molecule has 2 aromatic heterocycles. The summed E-state index contributed by atoms with van der Waals surface area (Å²) in [5.41, 5.74) is -1.60. The van der Waals surface area contributed by atoms with E-state index in [9.17, 15) is 59.8 Å². The van der Waals surface area contributed by atoms with E-state index in [0.717, 1.165) is 58.0 Å². The average Bonchev–Trinajstić information content (AvgIpc) is 3.69. The molecule has 0 aliphatic heterocycles. The molecular weight excluding hydrogens is 861 g/mol. The molecule has 2 heterocycles. The lowest BCUT2D eigenvalue weighted by atomic mass is 10.2. The van der Waals surface area contributed by atoms with E-state index < -0.39 is 68.6 Å². The fourth-order valence-electron chi connectivity index (χ4n) is 5.61. The highest BCUT2D eigenvalue weighted by molar-refractivity contribution is 8.76. The third kappa shape index (κ3) is 14.0. The molecule has 0 atom stereocenters. The summed E-state index contributed by atoms with van der Waals surface area (Å²) in [6.45, 7) is 1.22. The van der Waals surface area contributed by atoms with Gasteiger partial charge in [0, 0.05) is 59.0 Å². The van der Waals surface area contributed by atoms with Crippen LogP contribution in [0.3, 0.4) is 0 Å². The van der Waals surface area contributed by atoms with Gasteiger partial charge in [-0.3, -0.25) is 20.2 Å². The minimum absolute atomic E-state index is 0.0418. The molecule has 4 N–H and O–H groups in total. The molecule has 22 nitrogen and oxygen atoms in total. The van der Waals surface area contributed by atoms with Gasteiger partial charge in [-0.1, -0.05) is 21.6 Å². The number of benzene rings is 2. The Morgan fingerprint density at radius 1 is 0.581 bits per heavy atom. The van der Waals surface area contributed by atoms with Gasteiger partial charge in [0.1, 0.15) is 37.4 Å². The lowest BCUT2D eigenvalue weighted by Gasteiger charge is -2.29. The zero-order valence-corrected chi connectivity index (χ0v) is 35.7. The van der Waals surface area contributed by atoms with Crippen LogP contribution in [-0.4, -0.2) is 140 Å². The van der Waals surface area contributed by atoms with Crippen LogP contribution in [-0.2, 0) is 19.1 Å². The van der Waals surface area contributed by atoms with Crippen molar-refractivity contribution >= 4 is 56.8 Å². The smallest absolute Gasteiger partial charge is 0.345 e. The number of rotatable bonds is 23. The van der Waals surface area contributed by atoms with Gasteiger partial charge in [-0.25, -0.2) is 19.2 Å². The number of esters is 2. The second kappa shape index (κ2) is 21.3. The van der Waals surface area contributed by atoms with Crippen LogP contribution in [0.15, 0.2) is 70.5 Å². The number of ether oxygens (including phenoxy) is 2. The van der Waals surface area contributed by atoms with Crippen LogP contribution in [0.25, 0.3) is 0 Å². The Kier molecular flexibility index (Phi) is 16.6. The fraction of sp³-hybridized carbons (Fsp3) is 0.368. The molecule has 0 unspecified atom stereocenters. The largest absolute Gasteiger partial charge is 0.492 e. The molecular formula is C38H46N6O16S2+2. The van der Waals surface area contributed by atoms with Gasteiger partial charge >= 0.3 is 23.9 Å². The van der Waals surface area contributed by atoms with Crippen molar-refractivity contribution in [1.82, 2.24) is 9.46 Å². The Balaban J connectivity index is 1.28. The number of hydrogen-bond donors (Lipinski definition) is 4. The van der Waals surface area contributed by atoms with Crippen LogP contribution in [0.5, 0.6) is 23.5 Å². The van der Waals surface area contributed by atoms with Crippen LogP contribution >= 0.6 is 21.6 Å². The van der Waals surface area contributed by atoms with Gasteiger partial charge in [-0.05, 0) is 24.3 Å². The number of aromatic nitrogens is 2. The van der Waals surface area contributed by atoms with Crippen molar-refractivity contribution in [2.75, 3.05) is 67.6 Å². The normalized spacial score (nSPS) is 11.5. The highest BCUT2D eigenvalue weighted by atomic mass is 33.1. The Hall–Kier alpha value is -6.50. The van der Waals surface area contributed by atoms with Crippen LogP contribution in [0.2, 0.25) is 0 Å². The van der Waals surface area contributed by atoms with Gasteiger partial charge in [0.15, 0.2) is 0 Å². The molecule has 4 rings (SSSR count). The van der Waals surface area contributed by atoms with E-state index >= 15 is 0 Å². The van der Waals surface area contributed by atoms with Gasteiger partial charge in [-0.15, -0.1) is 9.46 Å². The first-order valence-corrected chi connectivity index (χ1v) is 20.8. The average molecular weight is 907 g/mol. The maximum Gasteiger partial charge on any atom is 0.345 e. The van der Waals surface area contributed by atoms with Gasteiger partial charge < -0.3 is 48.5 Å². The number of hydrogen-bond acceptors (Lipinski definition) is 18. The number of quaternary nitrogens is 2. The van der Waals surface area contributed by atoms with Gasteiger partial charge in [0.2, 0.25) is 23.5 Å². The molecule has 0 saturated carbocycles. The van der Waals surface area contributed by atoms with Crippen molar-refractivity contribution in [3.05, 3.63) is 92.0 Å². The number of carbonyl (C=O) groups is 4. The lowest BCUT2D eigenvalue weighted by molar-refractivity contribution is -0.890. The summed E-state index contributed by atoms with van der Waals surface area (Å²) in [5, 5.41) is 62.1. The Morgan fingerprint density at radius 3 is 1.24 bits per heavy atom. The summed E-state index contributed by atoms with van der Waals surface area (Å²) in [5.74, 6) is -5.07. The highest BCUT2D eigenvalue weighted by Crippen LogP contribution is 2.40. The van der Waals surface area contributed by atoms with E-state index in [4.69, 9.17) is 19.1 Å². The molecule has 0 aliphatic rings. The molecule has 334 valence electrons. The van der Waals surface area contributed by atoms with Crippen LogP contribution in [0.4, 0.5) is 11.4 Å². The standard InChI is InChI=1S/C38H44N6O16S2/c1-43(2,17-5-7-35(49)59-39-31(45)13-14-32(39)46)19-21-57-37(51)27-23-25(9-11-29(27)41(53)54)61-62-26-10-12-30(42(55)56)28(24-26)38(52)58-22-20-44(3,4)18-6-8-36(50)60-40-33(47)15-16-34(40)48/h9-16,23-24H,5-8,17-22H2,1-4H3,(H2-2,45,46,47,48)/p+2. The third-order valence-electron chi connectivity index (χ3n) is 9.13. The van der Waals surface area contributed by atoms with E-state index in [1.54, 1.807) is 0 Å². The van der Waals surface area contributed by atoms with Crippen LogP contribution in [0.1, 0.15) is 46.4 Å². The number of nitro benzene ring substituents is 2. The molecule has 0 saturated heterocycles. The third-order valence-corrected chi connectivity index (χ3v) is 11.5. The van der Waals surface area contributed by atoms with Crippen molar-refractivity contribution in [3.8, 4) is 23.5 Å². The number of carbonyl (C=O) groups excluding carboxylic acids is 4. The molecule has 0 aliphatic carbocycles. The summed E-state index contributed by atoms with van der Waals surface area (Å²) in [4.78, 5) is 83.4. The first-order valence-electron chi connectivity index (χ1n) is 18.7. The fourth-order valence-corrected chi connectivity index (χ4v) is 7.59. The quantitative estimate of drug-likeness (QED) is 0.0268. The number of likely N-dealkylation sites (N-methyl/N-ethyl adjacent to an activating group) is 2. The summed E-state index contributed by atoms with van der Waals surface area (Å²) in [7, 11) is 9.43. The van der Waals surface area contributed by atoms with Gasteiger partial charge in [0.25, 0.3) is 11.4 Å². The Bertz CT molecular complexity index is 2100. The van der Waals surface area contributed by atoms with Crippen molar-refractivity contribution in [2.24, 2.45) is 0 Å². The maximum atomic E-state index is 13.1. The predicted molar refractivity (Wildman–Crippen MR) is 219 cm³/mol. The first-order chi connectivity index (χ1) is 29.2. The van der Waals surface area contributed by atoms with Crippen LogP contribution in [0, 0.1) is 20.2 Å². The first kappa shape index (κ1) is 48.2.